The van der Waals surface area contributed by atoms with Crippen LogP contribution in [0.3, 0.4) is 0 Å². The lowest BCUT2D eigenvalue weighted by Crippen LogP contribution is -2.37. The number of rotatable bonds is 9. The third-order valence-electron chi connectivity index (χ3n) is 4.03. The van der Waals surface area contributed by atoms with Crippen LogP contribution < -0.4 is 5.32 Å². The summed E-state index contributed by atoms with van der Waals surface area (Å²) < 4.78 is 0. The standard InChI is InChI=1S/C16H34N2/c1-3-5-6-7-8-9-13-18-14-10-12-17-16(15-18)11-4-2/h16-17H,3-15H2,1-2H3. The molecule has 1 atom stereocenters. The lowest BCUT2D eigenvalue weighted by Gasteiger charge is -2.24. The summed E-state index contributed by atoms with van der Waals surface area (Å²) in [6, 6.07) is 0.748. The second-order valence-electron chi connectivity index (χ2n) is 5.86. The van der Waals surface area contributed by atoms with E-state index in [1.165, 1.54) is 84.0 Å². The molecule has 2 heteroatoms. The van der Waals surface area contributed by atoms with E-state index in [2.05, 4.69) is 24.1 Å². The lowest BCUT2D eigenvalue weighted by molar-refractivity contribution is 0.256. The smallest absolute Gasteiger partial charge is 0.0194 e. The van der Waals surface area contributed by atoms with Crippen molar-refractivity contribution in [2.75, 3.05) is 26.2 Å². The molecule has 0 amide bonds. The van der Waals surface area contributed by atoms with Gasteiger partial charge in [0.25, 0.3) is 0 Å². The zero-order chi connectivity index (χ0) is 13.1. The first-order valence-electron chi connectivity index (χ1n) is 8.32. The number of nitrogens with zero attached hydrogens (tertiary/aromatic N) is 1. The topological polar surface area (TPSA) is 15.3 Å². The molecule has 1 heterocycles. The Morgan fingerprint density at radius 3 is 2.56 bits per heavy atom. The maximum atomic E-state index is 3.69. The molecule has 18 heavy (non-hydrogen) atoms. The molecule has 0 saturated carbocycles. The monoisotopic (exact) mass is 254 g/mol. The molecule has 0 aliphatic carbocycles. The molecule has 108 valence electrons. The molecule has 0 aromatic heterocycles. The van der Waals surface area contributed by atoms with Gasteiger partial charge in [0.1, 0.15) is 0 Å². The number of hydrogen-bond acceptors (Lipinski definition) is 2. The van der Waals surface area contributed by atoms with Crippen LogP contribution in [0.4, 0.5) is 0 Å². The van der Waals surface area contributed by atoms with Gasteiger partial charge in [0.05, 0.1) is 0 Å². The van der Waals surface area contributed by atoms with Gasteiger partial charge in [-0.2, -0.15) is 0 Å². The summed E-state index contributed by atoms with van der Waals surface area (Å²) in [7, 11) is 0. The van der Waals surface area contributed by atoms with Crippen molar-refractivity contribution in [3.05, 3.63) is 0 Å². The zero-order valence-corrected chi connectivity index (χ0v) is 12.7. The number of hydrogen-bond donors (Lipinski definition) is 1. The Kier molecular flexibility index (Phi) is 9.59. The van der Waals surface area contributed by atoms with Crippen molar-refractivity contribution < 1.29 is 0 Å². The molecule has 1 N–H and O–H groups in total. The van der Waals surface area contributed by atoms with E-state index in [0.29, 0.717) is 0 Å². The zero-order valence-electron chi connectivity index (χ0n) is 12.7. The average molecular weight is 254 g/mol. The first-order valence-corrected chi connectivity index (χ1v) is 8.32. The van der Waals surface area contributed by atoms with Gasteiger partial charge in [-0.15, -0.1) is 0 Å². The van der Waals surface area contributed by atoms with E-state index in [-0.39, 0.29) is 0 Å². The van der Waals surface area contributed by atoms with Crippen molar-refractivity contribution in [2.24, 2.45) is 0 Å². The first-order chi connectivity index (χ1) is 8.86. The summed E-state index contributed by atoms with van der Waals surface area (Å²) in [6.07, 6.45) is 12.5. The highest BCUT2D eigenvalue weighted by atomic mass is 15.2. The fourth-order valence-corrected chi connectivity index (χ4v) is 2.94. The SMILES string of the molecule is CCCCCCCCN1CCCNC(CCC)C1. The summed E-state index contributed by atoms with van der Waals surface area (Å²) >= 11 is 0. The summed E-state index contributed by atoms with van der Waals surface area (Å²) in [6.45, 7) is 9.72. The van der Waals surface area contributed by atoms with E-state index >= 15 is 0 Å². The van der Waals surface area contributed by atoms with Crippen molar-refractivity contribution in [1.29, 1.82) is 0 Å². The lowest BCUT2D eigenvalue weighted by atomic mass is 10.1. The van der Waals surface area contributed by atoms with Crippen LogP contribution in [0.25, 0.3) is 0 Å². The molecule has 1 aliphatic heterocycles. The summed E-state index contributed by atoms with van der Waals surface area (Å²) in [5.41, 5.74) is 0. The predicted octanol–water partition coefficient (Wildman–Crippen LogP) is 3.81. The van der Waals surface area contributed by atoms with Gasteiger partial charge in [-0.3, -0.25) is 0 Å². The normalized spacial score (nSPS) is 22.0. The summed E-state index contributed by atoms with van der Waals surface area (Å²) in [4.78, 5) is 2.69. The maximum Gasteiger partial charge on any atom is 0.0194 e. The van der Waals surface area contributed by atoms with E-state index in [1.807, 2.05) is 0 Å². The van der Waals surface area contributed by atoms with Gasteiger partial charge < -0.3 is 10.2 Å². The maximum absolute atomic E-state index is 3.69. The van der Waals surface area contributed by atoms with Crippen molar-refractivity contribution in [3.8, 4) is 0 Å². The van der Waals surface area contributed by atoms with Crippen LogP contribution in [-0.4, -0.2) is 37.1 Å². The van der Waals surface area contributed by atoms with E-state index in [9.17, 15) is 0 Å². The van der Waals surface area contributed by atoms with Crippen LogP contribution in [0.15, 0.2) is 0 Å². The van der Waals surface area contributed by atoms with Crippen LogP contribution >= 0.6 is 0 Å². The van der Waals surface area contributed by atoms with Crippen molar-refractivity contribution >= 4 is 0 Å². The third-order valence-corrected chi connectivity index (χ3v) is 4.03. The van der Waals surface area contributed by atoms with E-state index in [4.69, 9.17) is 0 Å². The Balaban J connectivity index is 2.07. The second kappa shape index (κ2) is 10.8. The Morgan fingerprint density at radius 1 is 1.00 bits per heavy atom. The summed E-state index contributed by atoms with van der Waals surface area (Å²) in [5, 5.41) is 3.69. The van der Waals surface area contributed by atoms with Crippen molar-refractivity contribution in [1.82, 2.24) is 10.2 Å². The molecule has 1 aliphatic rings. The average Bonchev–Trinajstić information content (AvgIpc) is 2.59. The van der Waals surface area contributed by atoms with E-state index in [1.54, 1.807) is 0 Å². The molecule has 0 spiro atoms. The minimum atomic E-state index is 0.748. The van der Waals surface area contributed by atoms with E-state index < -0.39 is 0 Å². The van der Waals surface area contributed by atoms with Gasteiger partial charge in [-0.1, -0.05) is 52.4 Å². The fraction of sp³-hybridized carbons (Fsp3) is 1.00. The number of unbranched alkanes of at least 4 members (excludes halogenated alkanes) is 5. The fourth-order valence-electron chi connectivity index (χ4n) is 2.94. The summed E-state index contributed by atoms with van der Waals surface area (Å²) in [5.74, 6) is 0. The van der Waals surface area contributed by atoms with Gasteiger partial charge in [-0.25, -0.2) is 0 Å². The number of nitrogens with one attached hydrogen (secondary N) is 1. The molecule has 0 aromatic rings. The van der Waals surface area contributed by atoms with Crippen LogP contribution in [0.5, 0.6) is 0 Å². The molecule has 2 nitrogen and oxygen atoms in total. The molecule has 1 rings (SSSR count). The Bertz CT molecular complexity index is 182. The first kappa shape index (κ1) is 16.0. The quantitative estimate of drug-likeness (QED) is 0.629. The van der Waals surface area contributed by atoms with Gasteiger partial charge in [-0.05, 0) is 38.9 Å². The Labute approximate surface area is 115 Å². The second-order valence-corrected chi connectivity index (χ2v) is 5.86. The highest BCUT2D eigenvalue weighted by molar-refractivity contribution is 4.76. The Morgan fingerprint density at radius 2 is 1.78 bits per heavy atom. The molecule has 1 saturated heterocycles. The van der Waals surface area contributed by atoms with Crippen molar-refractivity contribution in [2.45, 2.75) is 77.7 Å². The largest absolute Gasteiger partial charge is 0.313 e. The minimum Gasteiger partial charge on any atom is -0.313 e. The molecular formula is C16H34N2. The molecule has 0 aromatic carbocycles. The predicted molar refractivity (Wildman–Crippen MR) is 81.1 cm³/mol. The van der Waals surface area contributed by atoms with Crippen LogP contribution in [0.1, 0.15) is 71.6 Å². The van der Waals surface area contributed by atoms with Crippen LogP contribution in [0, 0.1) is 0 Å². The van der Waals surface area contributed by atoms with Crippen LogP contribution in [0.2, 0.25) is 0 Å². The van der Waals surface area contributed by atoms with Gasteiger partial charge >= 0.3 is 0 Å². The van der Waals surface area contributed by atoms with Crippen molar-refractivity contribution in [3.63, 3.8) is 0 Å². The van der Waals surface area contributed by atoms with Gasteiger partial charge in [0.15, 0.2) is 0 Å². The molecule has 1 fully saturated rings. The molecular weight excluding hydrogens is 220 g/mol. The van der Waals surface area contributed by atoms with Gasteiger partial charge in [0, 0.05) is 12.6 Å². The molecule has 1 unspecified atom stereocenters. The third kappa shape index (κ3) is 7.38. The highest BCUT2D eigenvalue weighted by Crippen LogP contribution is 2.09. The van der Waals surface area contributed by atoms with E-state index in [0.717, 1.165) is 6.04 Å². The highest BCUT2D eigenvalue weighted by Gasteiger charge is 2.15. The Hall–Kier alpha value is -0.0800. The van der Waals surface area contributed by atoms with Crippen LogP contribution in [-0.2, 0) is 0 Å². The minimum absolute atomic E-state index is 0.748. The molecule has 0 bridgehead atoms. The molecule has 0 radical (unpaired) electrons. The van der Waals surface area contributed by atoms with Gasteiger partial charge in [0.2, 0.25) is 0 Å².